The summed E-state index contributed by atoms with van der Waals surface area (Å²) in [4.78, 5) is 29.1. The highest BCUT2D eigenvalue weighted by Crippen LogP contribution is 2.59. The van der Waals surface area contributed by atoms with Crippen molar-refractivity contribution < 1.29 is 30.0 Å². The molecule has 4 amide bonds. The lowest BCUT2D eigenvalue weighted by atomic mass is 9.96. The first kappa shape index (κ1) is 14.3. The van der Waals surface area contributed by atoms with Crippen LogP contribution in [-0.2, 0) is 0 Å². The summed E-state index contributed by atoms with van der Waals surface area (Å²) in [5, 5.41) is 38.4. The van der Waals surface area contributed by atoms with Gasteiger partial charge in [0.2, 0.25) is 0 Å². The van der Waals surface area contributed by atoms with Crippen LogP contribution < -0.4 is 0 Å². The van der Waals surface area contributed by atoms with Crippen LogP contribution in [0.5, 0.6) is 0 Å². The van der Waals surface area contributed by atoms with E-state index in [1.54, 1.807) is 0 Å². The van der Waals surface area contributed by atoms with E-state index in [2.05, 4.69) is 0 Å². The van der Waals surface area contributed by atoms with Gasteiger partial charge < -0.3 is 20.4 Å². The molecular weight excluding hydrogens is 284 g/mol. The van der Waals surface area contributed by atoms with Crippen molar-refractivity contribution in [1.82, 2.24) is 19.6 Å². The van der Waals surface area contributed by atoms with Gasteiger partial charge in [0, 0.05) is 0 Å². The molecule has 10 nitrogen and oxygen atoms in total. The highest BCUT2D eigenvalue weighted by atomic mass is 16.3. The van der Waals surface area contributed by atoms with Crippen LogP contribution >= 0.6 is 0 Å². The lowest BCUT2D eigenvalue weighted by Crippen LogP contribution is -2.65. The van der Waals surface area contributed by atoms with Crippen molar-refractivity contribution in [2.45, 2.75) is 30.6 Å². The molecule has 118 valence electrons. The van der Waals surface area contributed by atoms with Gasteiger partial charge in [-0.2, -0.15) is 0 Å². The van der Waals surface area contributed by atoms with Crippen molar-refractivity contribution in [2.24, 2.45) is 0 Å². The zero-order valence-electron chi connectivity index (χ0n) is 11.3. The number of amides is 4. The van der Waals surface area contributed by atoms with Gasteiger partial charge >= 0.3 is 12.1 Å². The average molecular weight is 302 g/mol. The second-order valence-corrected chi connectivity index (χ2v) is 5.33. The van der Waals surface area contributed by atoms with E-state index >= 15 is 0 Å². The SMILES string of the molecule is O=C1N(CO)C23CCCC2(N1CO)N(CO)C(=O)N3CO. The minimum atomic E-state index is -1.28. The molecular formula is C11H18N4O6. The Labute approximate surface area is 120 Å². The molecule has 0 aromatic heterocycles. The number of hydrogen-bond acceptors (Lipinski definition) is 6. The molecule has 0 aromatic carbocycles. The summed E-state index contributed by atoms with van der Waals surface area (Å²) in [7, 11) is 0. The van der Waals surface area contributed by atoms with Crippen LogP contribution in [0.1, 0.15) is 19.3 Å². The standard InChI is InChI=1S/C11H18N4O6/c16-4-12-8(20)14(6-18)11-3-1-2-10(11,12)13(5-17)9(21)15(11)7-19/h16-19H,1-7H2. The van der Waals surface area contributed by atoms with Crippen molar-refractivity contribution in [3.05, 3.63) is 0 Å². The van der Waals surface area contributed by atoms with E-state index in [0.29, 0.717) is 19.3 Å². The highest BCUT2D eigenvalue weighted by Gasteiger charge is 2.79. The zero-order valence-corrected chi connectivity index (χ0v) is 11.3. The summed E-state index contributed by atoms with van der Waals surface area (Å²) in [6.45, 7) is -2.61. The maximum Gasteiger partial charge on any atom is 0.327 e. The molecule has 10 heteroatoms. The number of aliphatic hydroxyl groups is 4. The molecule has 4 N–H and O–H groups in total. The third-order valence-electron chi connectivity index (χ3n) is 4.97. The summed E-state index contributed by atoms with van der Waals surface area (Å²) in [6.07, 6.45) is 1.30. The lowest BCUT2D eigenvalue weighted by molar-refractivity contribution is -0.102. The monoisotopic (exact) mass is 302 g/mol. The molecule has 3 fully saturated rings. The molecule has 0 atom stereocenters. The van der Waals surface area contributed by atoms with Gasteiger partial charge in [-0.25, -0.2) is 9.59 Å². The Bertz CT molecular complexity index is 415. The third kappa shape index (κ3) is 1.23. The molecule has 3 rings (SSSR count). The van der Waals surface area contributed by atoms with E-state index in [-0.39, 0.29) is 0 Å². The van der Waals surface area contributed by atoms with Crippen LogP contribution in [0.15, 0.2) is 0 Å². The Morgan fingerprint density at radius 3 is 1.24 bits per heavy atom. The summed E-state index contributed by atoms with van der Waals surface area (Å²) < 4.78 is 0. The van der Waals surface area contributed by atoms with Gasteiger partial charge in [-0.1, -0.05) is 0 Å². The lowest BCUT2D eigenvalue weighted by Gasteiger charge is -2.43. The van der Waals surface area contributed by atoms with Crippen molar-refractivity contribution in [2.75, 3.05) is 26.9 Å². The van der Waals surface area contributed by atoms with Crippen LogP contribution in [0, 0.1) is 0 Å². The Morgan fingerprint density at radius 1 is 0.714 bits per heavy atom. The Morgan fingerprint density at radius 2 is 1.00 bits per heavy atom. The molecule has 0 bridgehead atoms. The Hall–Kier alpha value is -1.62. The molecule has 0 radical (unpaired) electrons. The van der Waals surface area contributed by atoms with Gasteiger partial charge in [0.05, 0.1) is 0 Å². The summed E-state index contributed by atoms with van der Waals surface area (Å²) in [6, 6.07) is -1.27. The van der Waals surface area contributed by atoms with Crippen molar-refractivity contribution in [3.8, 4) is 0 Å². The fourth-order valence-corrected chi connectivity index (χ4v) is 4.31. The molecule has 0 spiro atoms. The van der Waals surface area contributed by atoms with Gasteiger partial charge in [-0.05, 0) is 19.3 Å². The molecule has 1 aliphatic carbocycles. The van der Waals surface area contributed by atoms with E-state index in [9.17, 15) is 30.0 Å². The number of urea groups is 2. The molecule has 21 heavy (non-hydrogen) atoms. The first-order valence-corrected chi connectivity index (χ1v) is 6.68. The molecule has 2 heterocycles. The van der Waals surface area contributed by atoms with Crippen molar-refractivity contribution >= 4 is 12.1 Å². The highest BCUT2D eigenvalue weighted by molar-refractivity contribution is 5.88. The minimum absolute atomic E-state index is 0.346. The van der Waals surface area contributed by atoms with Gasteiger partial charge in [-0.15, -0.1) is 0 Å². The van der Waals surface area contributed by atoms with Gasteiger partial charge in [0.15, 0.2) is 11.3 Å². The van der Waals surface area contributed by atoms with E-state index in [0.717, 1.165) is 19.6 Å². The van der Waals surface area contributed by atoms with Crippen LogP contribution in [0.2, 0.25) is 0 Å². The molecule has 0 unspecified atom stereocenters. The Balaban J connectivity index is 2.25. The summed E-state index contributed by atoms with van der Waals surface area (Å²) in [5.41, 5.74) is -2.56. The molecule has 0 aromatic rings. The summed E-state index contributed by atoms with van der Waals surface area (Å²) >= 11 is 0. The van der Waals surface area contributed by atoms with Crippen LogP contribution in [0.25, 0.3) is 0 Å². The average Bonchev–Trinajstić information content (AvgIpc) is 2.97. The topological polar surface area (TPSA) is 128 Å². The van der Waals surface area contributed by atoms with Crippen LogP contribution in [0.3, 0.4) is 0 Å². The second-order valence-electron chi connectivity index (χ2n) is 5.33. The van der Waals surface area contributed by atoms with Crippen LogP contribution in [0.4, 0.5) is 9.59 Å². The normalized spacial score (nSPS) is 35.0. The fraction of sp³-hybridized carbons (Fsp3) is 0.818. The number of nitrogens with zero attached hydrogens (tertiary/aromatic N) is 4. The molecule has 3 aliphatic rings. The number of hydrogen-bond donors (Lipinski definition) is 4. The van der Waals surface area contributed by atoms with Gasteiger partial charge in [-0.3, -0.25) is 19.6 Å². The van der Waals surface area contributed by atoms with Crippen molar-refractivity contribution in [3.63, 3.8) is 0 Å². The number of carbonyl (C=O) groups excluding carboxylic acids is 2. The van der Waals surface area contributed by atoms with E-state index < -0.39 is 50.3 Å². The molecule has 2 aliphatic heterocycles. The summed E-state index contributed by atoms with van der Waals surface area (Å²) in [5.74, 6) is 0. The predicted octanol–water partition coefficient (Wildman–Crippen LogP) is -2.16. The maximum absolute atomic E-state index is 12.4. The van der Waals surface area contributed by atoms with Crippen molar-refractivity contribution in [1.29, 1.82) is 0 Å². The van der Waals surface area contributed by atoms with Gasteiger partial charge in [0.1, 0.15) is 26.9 Å². The van der Waals surface area contributed by atoms with Crippen LogP contribution in [-0.4, -0.2) is 90.3 Å². The Kier molecular flexibility index (Phi) is 3.03. The molecule has 1 saturated carbocycles. The van der Waals surface area contributed by atoms with E-state index in [4.69, 9.17) is 0 Å². The van der Waals surface area contributed by atoms with Gasteiger partial charge in [0.25, 0.3) is 0 Å². The zero-order chi connectivity index (χ0) is 15.4. The van der Waals surface area contributed by atoms with E-state index in [1.807, 2.05) is 0 Å². The first-order valence-electron chi connectivity index (χ1n) is 6.68. The largest absolute Gasteiger partial charge is 0.376 e. The number of rotatable bonds is 4. The first-order chi connectivity index (χ1) is 10.1. The minimum Gasteiger partial charge on any atom is -0.376 e. The van der Waals surface area contributed by atoms with E-state index in [1.165, 1.54) is 0 Å². The maximum atomic E-state index is 12.4. The second kappa shape index (κ2) is 4.44. The quantitative estimate of drug-likeness (QED) is 0.468. The number of aliphatic hydroxyl groups excluding tert-OH is 4. The molecule has 2 saturated heterocycles. The number of carbonyl (C=O) groups is 2. The smallest absolute Gasteiger partial charge is 0.327 e. The fourth-order valence-electron chi connectivity index (χ4n) is 4.31. The predicted molar refractivity (Wildman–Crippen MR) is 65.8 cm³/mol. The third-order valence-corrected chi connectivity index (χ3v) is 4.97.